The number of benzene rings is 2. The number of hydrogen-bond donors (Lipinski definition) is 2. The molecule has 2 aromatic heterocycles. The Morgan fingerprint density at radius 3 is 2.77 bits per heavy atom. The second-order valence-electron chi connectivity index (χ2n) is 7.52. The number of nitrogens with one attached hydrogen (secondary N) is 2. The fraction of sp³-hybridized carbons (Fsp3) is 0.217. The monoisotopic (exact) mass is 398 g/mol. The number of piperidine rings is 1. The van der Waals surface area contributed by atoms with E-state index < -0.39 is 0 Å². The second-order valence-corrected chi connectivity index (χ2v) is 7.52. The van der Waals surface area contributed by atoms with Crippen LogP contribution in [0.1, 0.15) is 12.8 Å². The average molecular weight is 398 g/mol. The van der Waals surface area contributed by atoms with Gasteiger partial charge >= 0.3 is 0 Å². The van der Waals surface area contributed by atoms with Crippen LogP contribution in [0.4, 0.5) is 11.5 Å². The summed E-state index contributed by atoms with van der Waals surface area (Å²) in [6.07, 6.45) is 6.92. The lowest BCUT2D eigenvalue weighted by Gasteiger charge is -2.32. The molecule has 1 aliphatic rings. The number of aromatic amines is 1. The van der Waals surface area contributed by atoms with Crippen molar-refractivity contribution in [1.29, 1.82) is 0 Å². The first-order chi connectivity index (χ1) is 14.8. The lowest BCUT2D eigenvalue weighted by Crippen LogP contribution is -2.41. The molecule has 30 heavy (non-hydrogen) atoms. The highest BCUT2D eigenvalue weighted by Gasteiger charge is 2.26. The van der Waals surface area contributed by atoms with Crippen LogP contribution in [0.5, 0.6) is 0 Å². The molecular weight excluding hydrogens is 376 g/mol. The molecule has 3 heterocycles. The number of carbonyl (C=O) groups is 1. The Bertz CT molecular complexity index is 1120. The summed E-state index contributed by atoms with van der Waals surface area (Å²) in [5.74, 6) is 1.61. The van der Waals surface area contributed by atoms with Crippen LogP contribution >= 0.6 is 0 Å². The van der Waals surface area contributed by atoms with Gasteiger partial charge in [0, 0.05) is 36.7 Å². The van der Waals surface area contributed by atoms with Crippen molar-refractivity contribution in [2.45, 2.75) is 12.8 Å². The molecule has 7 nitrogen and oxygen atoms in total. The predicted molar refractivity (Wildman–Crippen MR) is 117 cm³/mol. The smallest absolute Gasteiger partial charge is 0.229 e. The summed E-state index contributed by atoms with van der Waals surface area (Å²) in [7, 11) is 0. The van der Waals surface area contributed by atoms with Crippen LogP contribution in [-0.2, 0) is 4.79 Å². The van der Waals surface area contributed by atoms with Gasteiger partial charge in [0.05, 0.1) is 23.1 Å². The fourth-order valence-electron chi connectivity index (χ4n) is 3.90. The van der Waals surface area contributed by atoms with E-state index in [0.29, 0.717) is 6.54 Å². The molecule has 0 radical (unpaired) electrons. The van der Waals surface area contributed by atoms with Gasteiger partial charge in [-0.2, -0.15) is 0 Å². The molecular formula is C23H22N6O. The van der Waals surface area contributed by atoms with Gasteiger partial charge in [0.1, 0.15) is 11.6 Å². The van der Waals surface area contributed by atoms with Crippen LogP contribution in [0, 0.1) is 5.92 Å². The summed E-state index contributed by atoms with van der Waals surface area (Å²) in [5.41, 5.74) is 3.72. The molecule has 1 aliphatic heterocycles. The van der Waals surface area contributed by atoms with Gasteiger partial charge in [-0.15, -0.1) is 0 Å². The number of carbonyl (C=O) groups excluding carboxylic acids is 1. The molecule has 0 bridgehead atoms. The van der Waals surface area contributed by atoms with Gasteiger partial charge in [0.2, 0.25) is 5.91 Å². The highest BCUT2D eigenvalue weighted by atomic mass is 16.1. The normalized spacial score (nSPS) is 16.5. The Morgan fingerprint density at radius 1 is 1.10 bits per heavy atom. The number of anilines is 2. The van der Waals surface area contributed by atoms with Crippen LogP contribution in [0.2, 0.25) is 0 Å². The van der Waals surface area contributed by atoms with E-state index in [9.17, 15) is 4.79 Å². The standard InChI is InChI=1S/C23H22N6O/c30-23(17-4-3-13-29(15-17)21-14-24-11-12-25-21)26-18-9-7-16(8-10-18)22-27-19-5-1-2-6-20(19)28-22/h1-2,5-12,14,17H,3-4,13,15H2,(H,26,30)(H,27,28). The van der Waals surface area contributed by atoms with E-state index >= 15 is 0 Å². The number of amides is 1. The molecule has 7 heteroatoms. The van der Waals surface area contributed by atoms with E-state index in [1.165, 1.54) is 0 Å². The van der Waals surface area contributed by atoms with Crippen LogP contribution in [0.25, 0.3) is 22.4 Å². The molecule has 1 fully saturated rings. The summed E-state index contributed by atoms with van der Waals surface area (Å²) in [6.45, 7) is 1.55. The van der Waals surface area contributed by atoms with Crippen molar-refractivity contribution in [2.75, 3.05) is 23.3 Å². The Morgan fingerprint density at radius 2 is 1.97 bits per heavy atom. The number of para-hydroxylation sites is 2. The van der Waals surface area contributed by atoms with E-state index in [1.807, 2.05) is 48.5 Å². The van der Waals surface area contributed by atoms with Gasteiger partial charge in [0.15, 0.2) is 0 Å². The SMILES string of the molecule is O=C(Nc1ccc(-c2nc3ccccc3[nH]2)cc1)C1CCCN(c2cnccn2)C1. The first kappa shape index (κ1) is 18.3. The lowest BCUT2D eigenvalue weighted by molar-refractivity contribution is -0.120. The molecule has 1 amide bonds. The van der Waals surface area contributed by atoms with Crippen molar-refractivity contribution >= 4 is 28.4 Å². The molecule has 0 spiro atoms. The van der Waals surface area contributed by atoms with Crippen molar-refractivity contribution in [3.05, 3.63) is 67.1 Å². The summed E-state index contributed by atoms with van der Waals surface area (Å²) < 4.78 is 0. The molecule has 0 aliphatic carbocycles. The molecule has 2 N–H and O–H groups in total. The van der Waals surface area contributed by atoms with Gasteiger partial charge in [-0.05, 0) is 49.2 Å². The maximum atomic E-state index is 12.8. The minimum absolute atomic E-state index is 0.0417. The first-order valence-corrected chi connectivity index (χ1v) is 10.1. The molecule has 150 valence electrons. The number of imidazole rings is 1. The second kappa shape index (κ2) is 7.94. The zero-order valence-electron chi connectivity index (χ0n) is 16.5. The minimum Gasteiger partial charge on any atom is -0.355 e. The first-order valence-electron chi connectivity index (χ1n) is 10.1. The quantitative estimate of drug-likeness (QED) is 0.545. The number of H-pyrrole nitrogens is 1. The third-order valence-electron chi connectivity index (χ3n) is 5.48. The Kier molecular flexibility index (Phi) is 4.85. The van der Waals surface area contributed by atoms with Crippen LogP contribution < -0.4 is 10.2 Å². The van der Waals surface area contributed by atoms with Crippen molar-refractivity contribution in [3.8, 4) is 11.4 Å². The third kappa shape index (κ3) is 3.74. The third-order valence-corrected chi connectivity index (χ3v) is 5.48. The molecule has 4 aromatic rings. The van der Waals surface area contributed by atoms with Crippen molar-refractivity contribution in [1.82, 2.24) is 19.9 Å². The maximum Gasteiger partial charge on any atom is 0.229 e. The Hall–Kier alpha value is -3.74. The largest absolute Gasteiger partial charge is 0.355 e. The minimum atomic E-state index is -0.0733. The van der Waals surface area contributed by atoms with Crippen molar-refractivity contribution in [3.63, 3.8) is 0 Å². The number of fused-ring (bicyclic) bond motifs is 1. The number of rotatable bonds is 4. The summed E-state index contributed by atoms with van der Waals surface area (Å²) in [5, 5.41) is 3.06. The Labute approximate surface area is 174 Å². The van der Waals surface area contributed by atoms with E-state index in [-0.39, 0.29) is 11.8 Å². The molecule has 1 saturated heterocycles. The van der Waals surface area contributed by atoms with Gasteiger partial charge in [-0.3, -0.25) is 9.78 Å². The van der Waals surface area contributed by atoms with E-state index in [4.69, 9.17) is 0 Å². The van der Waals surface area contributed by atoms with Crippen LogP contribution in [-0.4, -0.2) is 38.9 Å². The summed E-state index contributed by atoms with van der Waals surface area (Å²) in [6, 6.07) is 15.7. The van der Waals surface area contributed by atoms with Gasteiger partial charge in [-0.1, -0.05) is 12.1 Å². The van der Waals surface area contributed by atoms with Crippen molar-refractivity contribution in [2.24, 2.45) is 5.92 Å². The predicted octanol–water partition coefficient (Wildman–Crippen LogP) is 3.88. The molecule has 2 aromatic carbocycles. The number of hydrogen-bond acceptors (Lipinski definition) is 5. The van der Waals surface area contributed by atoms with Crippen LogP contribution in [0.3, 0.4) is 0 Å². The number of nitrogens with zero attached hydrogens (tertiary/aromatic N) is 4. The van der Waals surface area contributed by atoms with E-state index in [1.54, 1.807) is 18.6 Å². The fourth-order valence-corrected chi connectivity index (χ4v) is 3.90. The van der Waals surface area contributed by atoms with Crippen LogP contribution in [0.15, 0.2) is 67.1 Å². The van der Waals surface area contributed by atoms with Crippen molar-refractivity contribution < 1.29 is 4.79 Å². The molecule has 5 rings (SSSR count). The topological polar surface area (TPSA) is 86.8 Å². The summed E-state index contributed by atoms with van der Waals surface area (Å²) in [4.78, 5) is 31.4. The molecule has 0 saturated carbocycles. The van der Waals surface area contributed by atoms with E-state index in [2.05, 4.69) is 30.2 Å². The maximum absolute atomic E-state index is 12.8. The molecule has 1 atom stereocenters. The Balaban J connectivity index is 1.26. The lowest BCUT2D eigenvalue weighted by atomic mass is 9.97. The highest BCUT2D eigenvalue weighted by molar-refractivity contribution is 5.93. The van der Waals surface area contributed by atoms with E-state index in [0.717, 1.165) is 53.3 Å². The number of aromatic nitrogens is 4. The zero-order valence-corrected chi connectivity index (χ0v) is 16.5. The zero-order chi connectivity index (χ0) is 20.3. The highest BCUT2D eigenvalue weighted by Crippen LogP contribution is 2.24. The van der Waals surface area contributed by atoms with Gasteiger partial charge in [-0.25, -0.2) is 9.97 Å². The van der Waals surface area contributed by atoms with Gasteiger partial charge < -0.3 is 15.2 Å². The molecule has 1 unspecified atom stereocenters. The van der Waals surface area contributed by atoms with Gasteiger partial charge in [0.25, 0.3) is 0 Å². The average Bonchev–Trinajstić information content (AvgIpc) is 3.24. The summed E-state index contributed by atoms with van der Waals surface area (Å²) >= 11 is 0.